The molecule has 1 aliphatic rings. The maximum Gasteiger partial charge on any atom is 0.342 e. The van der Waals surface area contributed by atoms with E-state index in [9.17, 15) is 13.2 Å². The van der Waals surface area contributed by atoms with E-state index in [2.05, 4.69) is 9.46 Å². The van der Waals surface area contributed by atoms with Gasteiger partial charge in [-0.1, -0.05) is 12.8 Å². The van der Waals surface area contributed by atoms with Crippen LogP contribution in [0, 0.1) is 13.8 Å². The minimum Gasteiger partial charge on any atom is -0.465 e. The van der Waals surface area contributed by atoms with E-state index in [1.54, 1.807) is 6.92 Å². The molecule has 0 atom stereocenters. The molecular formula is C13H19NO5S. The largest absolute Gasteiger partial charge is 0.465 e. The van der Waals surface area contributed by atoms with Crippen LogP contribution in [0.5, 0.6) is 0 Å². The van der Waals surface area contributed by atoms with Gasteiger partial charge in [-0.15, -0.1) is 0 Å². The minimum atomic E-state index is -3.78. The highest BCUT2D eigenvalue weighted by molar-refractivity contribution is 7.89. The molecule has 0 spiro atoms. The summed E-state index contributed by atoms with van der Waals surface area (Å²) in [5.74, 6) is -0.249. The monoisotopic (exact) mass is 301 g/mol. The smallest absolute Gasteiger partial charge is 0.342 e. The van der Waals surface area contributed by atoms with E-state index in [0.29, 0.717) is 0 Å². The molecule has 0 amide bonds. The summed E-state index contributed by atoms with van der Waals surface area (Å²) in [7, 11) is -2.57. The lowest BCUT2D eigenvalue weighted by molar-refractivity contribution is 0.0595. The summed E-state index contributed by atoms with van der Waals surface area (Å²) in [6.07, 6.45) is 3.67. The summed E-state index contributed by atoms with van der Waals surface area (Å²) in [5, 5.41) is 0. The van der Waals surface area contributed by atoms with Gasteiger partial charge in [-0.05, 0) is 26.7 Å². The molecule has 112 valence electrons. The van der Waals surface area contributed by atoms with E-state index >= 15 is 0 Å². The van der Waals surface area contributed by atoms with Gasteiger partial charge in [0.25, 0.3) is 0 Å². The van der Waals surface area contributed by atoms with Crippen molar-refractivity contribution in [1.82, 2.24) is 4.72 Å². The maximum absolute atomic E-state index is 12.5. The van der Waals surface area contributed by atoms with Crippen molar-refractivity contribution < 1.29 is 22.4 Å². The second-order valence-electron chi connectivity index (χ2n) is 5.01. The lowest BCUT2D eigenvalue weighted by Gasteiger charge is -2.12. The van der Waals surface area contributed by atoms with Crippen LogP contribution in [0.1, 0.15) is 47.6 Å². The van der Waals surface area contributed by atoms with Crippen molar-refractivity contribution in [2.75, 3.05) is 7.11 Å². The van der Waals surface area contributed by atoms with E-state index in [4.69, 9.17) is 4.42 Å². The number of esters is 1. The van der Waals surface area contributed by atoms with Crippen LogP contribution < -0.4 is 4.72 Å². The topological polar surface area (TPSA) is 85.6 Å². The third-order valence-corrected chi connectivity index (χ3v) is 5.21. The van der Waals surface area contributed by atoms with Crippen molar-refractivity contribution in [2.45, 2.75) is 50.5 Å². The van der Waals surface area contributed by atoms with E-state index < -0.39 is 16.0 Å². The fourth-order valence-corrected chi connectivity index (χ4v) is 4.36. The Morgan fingerprint density at radius 2 is 1.85 bits per heavy atom. The molecule has 0 unspecified atom stereocenters. The highest BCUT2D eigenvalue weighted by atomic mass is 32.2. The number of sulfonamides is 1. The molecule has 0 aromatic carbocycles. The Balaban J connectivity index is 2.42. The number of hydrogen-bond donors (Lipinski definition) is 1. The molecule has 1 aliphatic carbocycles. The summed E-state index contributed by atoms with van der Waals surface area (Å²) in [4.78, 5) is 11.7. The highest BCUT2D eigenvalue weighted by Crippen LogP contribution is 2.28. The Bertz CT molecular complexity index is 611. The second-order valence-corrected chi connectivity index (χ2v) is 6.66. The SMILES string of the molecule is COC(=O)c1c(C)oc(C)c1S(=O)(=O)NC1CCCC1. The standard InChI is InChI=1S/C13H19NO5S/c1-8-11(13(15)18-3)12(9(2)19-8)20(16,17)14-10-6-4-5-7-10/h10,14H,4-7H2,1-3H3. The lowest BCUT2D eigenvalue weighted by Crippen LogP contribution is -2.33. The number of methoxy groups -OCH3 is 1. The van der Waals surface area contributed by atoms with E-state index in [-0.39, 0.29) is 28.0 Å². The zero-order valence-corrected chi connectivity index (χ0v) is 12.7. The van der Waals surface area contributed by atoms with Crippen LogP contribution in [0.15, 0.2) is 9.31 Å². The lowest BCUT2D eigenvalue weighted by atomic mass is 10.2. The predicted octanol–water partition coefficient (Wildman–Crippen LogP) is 1.90. The molecule has 2 rings (SSSR count). The Kier molecular flexibility index (Phi) is 4.19. The molecule has 20 heavy (non-hydrogen) atoms. The van der Waals surface area contributed by atoms with Crippen LogP contribution in [0.25, 0.3) is 0 Å². The van der Waals surface area contributed by atoms with Crippen LogP contribution in [-0.2, 0) is 14.8 Å². The first-order chi connectivity index (χ1) is 9.36. The Labute approximate surface area is 118 Å². The molecule has 0 saturated heterocycles. The fourth-order valence-electron chi connectivity index (χ4n) is 2.65. The molecule has 0 bridgehead atoms. The van der Waals surface area contributed by atoms with Crippen molar-refractivity contribution in [2.24, 2.45) is 0 Å². The average molecular weight is 301 g/mol. The number of furan rings is 1. The maximum atomic E-state index is 12.5. The number of hydrogen-bond acceptors (Lipinski definition) is 5. The molecular weight excluding hydrogens is 282 g/mol. The Morgan fingerprint density at radius 3 is 2.40 bits per heavy atom. The van der Waals surface area contributed by atoms with Crippen molar-refractivity contribution in [3.05, 3.63) is 17.1 Å². The third kappa shape index (κ3) is 2.73. The average Bonchev–Trinajstić information content (AvgIpc) is 2.95. The van der Waals surface area contributed by atoms with Gasteiger partial charge in [0, 0.05) is 6.04 Å². The summed E-state index contributed by atoms with van der Waals surface area (Å²) in [6.45, 7) is 3.08. The molecule has 0 aliphatic heterocycles. The molecule has 7 heteroatoms. The van der Waals surface area contributed by atoms with Crippen molar-refractivity contribution in [1.29, 1.82) is 0 Å². The number of aryl methyl sites for hydroxylation is 2. The first kappa shape index (κ1) is 15.1. The van der Waals surface area contributed by atoms with Crippen LogP contribution in [0.3, 0.4) is 0 Å². The zero-order valence-electron chi connectivity index (χ0n) is 11.9. The van der Waals surface area contributed by atoms with Gasteiger partial charge < -0.3 is 9.15 Å². The number of ether oxygens (including phenoxy) is 1. The summed E-state index contributed by atoms with van der Waals surface area (Å²) >= 11 is 0. The van der Waals surface area contributed by atoms with E-state index in [0.717, 1.165) is 25.7 Å². The van der Waals surface area contributed by atoms with Crippen LogP contribution in [0.2, 0.25) is 0 Å². The first-order valence-corrected chi connectivity index (χ1v) is 8.05. The molecule has 1 N–H and O–H groups in total. The zero-order chi connectivity index (χ0) is 14.9. The van der Waals surface area contributed by atoms with Gasteiger partial charge >= 0.3 is 5.97 Å². The number of carbonyl (C=O) groups excluding carboxylic acids is 1. The normalized spacial score (nSPS) is 16.6. The summed E-state index contributed by atoms with van der Waals surface area (Å²) in [5.41, 5.74) is -0.0181. The van der Waals surface area contributed by atoms with E-state index in [1.165, 1.54) is 14.0 Å². The van der Waals surface area contributed by atoms with Gasteiger partial charge in [-0.25, -0.2) is 17.9 Å². The van der Waals surface area contributed by atoms with Crippen molar-refractivity contribution >= 4 is 16.0 Å². The summed E-state index contributed by atoms with van der Waals surface area (Å²) in [6, 6.07) is -0.0693. The van der Waals surface area contributed by atoms with Crippen LogP contribution >= 0.6 is 0 Å². The summed E-state index contributed by atoms with van der Waals surface area (Å²) < 4.78 is 37.6. The van der Waals surface area contributed by atoms with Crippen molar-refractivity contribution in [3.8, 4) is 0 Å². The molecule has 6 nitrogen and oxygen atoms in total. The quantitative estimate of drug-likeness (QED) is 0.858. The molecule has 1 fully saturated rings. The molecule has 1 aromatic rings. The van der Waals surface area contributed by atoms with Gasteiger partial charge in [-0.2, -0.15) is 0 Å². The van der Waals surface area contributed by atoms with E-state index in [1.807, 2.05) is 0 Å². The van der Waals surface area contributed by atoms with Gasteiger partial charge in [0.15, 0.2) is 0 Å². The minimum absolute atomic E-state index is 0.0181. The van der Waals surface area contributed by atoms with Gasteiger partial charge in [0.1, 0.15) is 22.0 Å². The molecule has 1 saturated carbocycles. The molecule has 1 aromatic heterocycles. The number of carbonyl (C=O) groups is 1. The Hall–Kier alpha value is -1.34. The van der Waals surface area contributed by atoms with Gasteiger partial charge in [-0.3, -0.25) is 0 Å². The van der Waals surface area contributed by atoms with Crippen molar-refractivity contribution in [3.63, 3.8) is 0 Å². The molecule has 1 heterocycles. The Morgan fingerprint density at radius 1 is 1.25 bits per heavy atom. The number of nitrogens with one attached hydrogen (secondary N) is 1. The van der Waals surface area contributed by atoms with Crippen LogP contribution in [-0.4, -0.2) is 27.5 Å². The predicted molar refractivity (Wildman–Crippen MR) is 72.1 cm³/mol. The fraction of sp³-hybridized carbons (Fsp3) is 0.615. The van der Waals surface area contributed by atoms with Gasteiger partial charge in [0.2, 0.25) is 10.0 Å². The highest BCUT2D eigenvalue weighted by Gasteiger charge is 2.33. The third-order valence-electron chi connectivity index (χ3n) is 3.54. The van der Waals surface area contributed by atoms with Crippen LogP contribution in [0.4, 0.5) is 0 Å². The second kappa shape index (κ2) is 5.57. The number of rotatable bonds is 4. The molecule has 0 radical (unpaired) electrons. The van der Waals surface area contributed by atoms with Gasteiger partial charge in [0.05, 0.1) is 7.11 Å². The first-order valence-electron chi connectivity index (χ1n) is 6.57.